The van der Waals surface area contributed by atoms with Gasteiger partial charge in [-0.1, -0.05) is 36.8 Å². The van der Waals surface area contributed by atoms with Crippen molar-refractivity contribution >= 4 is 21.8 Å². The quantitative estimate of drug-likeness (QED) is 0.304. The van der Waals surface area contributed by atoms with Crippen molar-refractivity contribution in [1.82, 2.24) is 24.0 Å². The maximum atomic E-state index is 13.0. The molecule has 176 valence electrons. The number of hydrogen-bond donors (Lipinski definition) is 0. The third kappa shape index (κ3) is 6.89. The molecule has 0 saturated carbocycles. The highest BCUT2D eigenvalue weighted by Gasteiger charge is 2.28. The Morgan fingerprint density at radius 3 is 2.42 bits per heavy atom. The van der Waals surface area contributed by atoms with Crippen LogP contribution >= 0.6 is 11.8 Å². The summed E-state index contributed by atoms with van der Waals surface area (Å²) < 4.78 is 29.6. The number of benzene rings is 1. The van der Waals surface area contributed by atoms with Crippen LogP contribution in [-0.2, 0) is 23.1 Å². The smallest absolute Gasteiger partial charge is 0.244 e. The van der Waals surface area contributed by atoms with Gasteiger partial charge < -0.3 is 0 Å². The zero-order valence-corrected chi connectivity index (χ0v) is 20.4. The molecule has 2 aromatic heterocycles. The van der Waals surface area contributed by atoms with E-state index in [-0.39, 0.29) is 4.90 Å². The van der Waals surface area contributed by atoms with Crippen molar-refractivity contribution in [3.8, 4) is 0 Å². The molecule has 0 atom stereocenters. The van der Waals surface area contributed by atoms with Crippen LogP contribution in [0.1, 0.15) is 24.8 Å². The highest BCUT2D eigenvalue weighted by atomic mass is 32.2. The van der Waals surface area contributed by atoms with Crippen LogP contribution in [0.25, 0.3) is 0 Å². The minimum absolute atomic E-state index is 0.280. The van der Waals surface area contributed by atoms with Gasteiger partial charge in [0.05, 0.1) is 5.03 Å². The van der Waals surface area contributed by atoms with E-state index in [0.29, 0.717) is 13.1 Å². The van der Waals surface area contributed by atoms with Gasteiger partial charge in [-0.3, -0.25) is 9.58 Å². The first-order valence-electron chi connectivity index (χ1n) is 11.4. The SMILES string of the molecule is O=S(=O)(c1ccc(SCCCCCn2cccn2)nc1)N1CCN(Cc2ccccc2)CC1. The van der Waals surface area contributed by atoms with Crippen molar-refractivity contribution < 1.29 is 8.42 Å². The first-order valence-corrected chi connectivity index (χ1v) is 13.9. The molecule has 33 heavy (non-hydrogen) atoms. The van der Waals surface area contributed by atoms with Crippen LogP contribution in [0, 0.1) is 0 Å². The Hall–Kier alpha value is -2.20. The Kier molecular flexibility index (Phi) is 8.55. The van der Waals surface area contributed by atoms with Gasteiger partial charge in [0.25, 0.3) is 0 Å². The molecule has 7 nitrogen and oxygen atoms in total. The first kappa shape index (κ1) is 23.9. The Bertz CT molecular complexity index is 1070. The number of pyridine rings is 1. The van der Waals surface area contributed by atoms with Gasteiger partial charge in [-0.15, -0.1) is 11.8 Å². The lowest BCUT2D eigenvalue weighted by Crippen LogP contribution is -2.48. The molecular weight excluding hydrogens is 454 g/mol. The maximum absolute atomic E-state index is 13.0. The van der Waals surface area contributed by atoms with E-state index in [9.17, 15) is 8.42 Å². The summed E-state index contributed by atoms with van der Waals surface area (Å²) in [6.45, 7) is 4.27. The van der Waals surface area contributed by atoms with Crippen LogP contribution in [0.15, 0.2) is 77.0 Å². The molecule has 0 aliphatic carbocycles. The standard InChI is InChI=1S/C24H31N5O2S2/c30-33(31,29-17-15-27(16-18-29)21-22-8-3-1-4-9-22)23-10-11-24(25-20-23)32-19-6-2-5-13-28-14-7-12-26-28/h1,3-4,7-12,14,20H,2,5-6,13,15-19,21H2. The van der Waals surface area contributed by atoms with Gasteiger partial charge in [-0.25, -0.2) is 13.4 Å². The molecule has 3 aromatic rings. The predicted molar refractivity (Wildman–Crippen MR) is 132 cm³/mol. The Morgan fingerprint density at radius 2 is 1.73 bits per heavy atom. The first-order chi connectivity index (χ1) is 16.1. The van der Waals surface area contributed by atoms with Crippen molar-refractivity contribution in [3.63, 3.8) is 0 Å². The summed E-state index contributed by atoms with van der Waals surface area (Å²) in [6, 6.07) is 15.8. The van der Waals surface area contributed by atoms with Crippen LogP contribution < -0.4 is 0 Å². The molecular formula is C24H31N5O2S2. The molecule has 0 spiro atoms. The molecule has 1 saturated heterocycles. The molecule has 0 radical (unpaired) electrons. The normalized spacial score (nSPS) is 15.6. The highest BCUT2D eigenvalue weighted by molar-refractivity contribution is 7.99. The maximum Gasteiger partial charge on any atom is 0.244 e. The number of hydrogen-bond acceptors (Lipinski definition) is 6. The Balaban J connectivity index is 1.20. The minimum Gasteiger partial charge on any atom is -0.296 e. The molecule has 4 rings (SSSR count). The van der Waals surface area contributed by atoms with Gasteiger partial charge in [-0.05, 0) is 42.4 Å². The van der Waals surface area contributed by atoms with Crippen molar-refractivity contribution in [2.24, 2.45) is 0 Å². The third-order valence-electron chi connectivity index (χ3n) is 5.77. The summed E-state index contributed by atoms with van der Waals surface area (Å²) >= 11 is 1.68. The zero-order valence-electron chi connectivity index (χ0n) is 18.8. The summed E-state index contributed by atoms with van der Waals surface area (Å²) in [5.74, 6) is 0.974. The van der Waals surface area contributed by atoms with E-state index in [1.54, 1.807) is 28.3 Å². The minimum atomic E-state index is -3.50. The van der Waals surface area contributed by atoms with E-state index in [1.165, 1.54) is 11.8 Å². The van der Waals surface area contributed by atoms with Crippen molar-refractivity contribution in [1.29, 1.82) is 0 Å². The van der Waals surface area contributed by atoms with E-state index in [2.05, 4.69) is 27.1 Å². The van der Waals surface area contributed by atoms with Gasteiger partial charge in [0.15, 0.2) is 0 Å². The lowest BCUT2D eigenvalue weighted by molar-refractivity contribution is 0.181. The lowest BCUT2D eigenvalue weighted by Gasteiger charge is -2.33. The fourth-order valence-electron chi connectivity index (χ4n) is 3.89. The molecule has 1 aromatic carbocycles. The monoisotopic (exact) mass is 485 g/mol. The second-order valence-corrected chi connectivity index (χ2v) is 11.2. The van der Waals surface area contributed by atoms with Crippen molar-refractivity contribution in [3.05, 3.63) is 72.7 Å². The van der Waals surface area contributed by atoms with Crippen LogP contribution in [0.4, 0.5) is 0 Å². The number of piperazine rings is 1. The highest BCUT2D eigenvalue weighted by Crippen LogP contribution is 2.22. The van der Waals surface area contributed by atoms with Gasteiger partial charge in [0.2, 0.25) is 10.0 Å². The molecule has 0 amide bonds. The summed E-state index contributed by atoms with van der Waals surface area (Å²) in [6.07, 6.45) is 8.63. The van der Waals surface area contributed by atoms with E-state index in [1.807, 2.05) is 41.2 Å². The Labute approximate surface area is 200 Å². The van der Waals surface area contributed by atoms with Crippen LogP contribution in [-0.4, -0.2) is 64.3 Å². The second kappa shape index (κ2) is 11.8. The summed E-state index contributed by atoms with van der Waals surface area (Å²) in [4.78, 5) is 6.98. The van der Waals surface area contributed by atoms with E-state index >= 15 is 0 Å². The van der Waals surface area contributed by atoms with Crippen molar-refractivity contribution in [2.75, 3.05) is 31.9 Å². The van der Waals surface area contributed by atoms with Gasteiger partial charge in [0.1, 0.15) is 4.90 Å². The van der Waals surface area contributed by atoms with E-state index < -0.39 is 10.0 Å². The number of nitrogens with zero attached hydrogens (tertiary/aromatic N) is 5. The van der Waals surface area contributed by atoms with E-state index in [4.69, 9.17) is 0 Å². The number of sulfonamides is 1. The van der Waals surface area contributed by atoms with Gasteiger partial charge in [0, 0.05) is 57.9 Å². The molecule has 1 aliphatic heterocycles. The average molecular weight is 486 g/mol. The fourth-order valence-corrected chi connectivity index (χ4v) is 6.10. The lowest BCUT2D eigenvalue weighted by atomic mass is 10.2. The fraction of sp³-hybridized carbons (Fsp3) is 0.417. The van der Waals surface area contributed by atoms with E-state index in [0.717, 1.165) is 56.2 Å². The number of thioether (sulfide) groups is 1. The Morgan fingerprint density at radius 1 is 0.909 bits per heavy atom. The molecule has 0 N–H and O–H groups in total. The molecule has 3 heterocycles. The second-order valence-electron chi connectivity index (χ2n) is 8.18. The largest absolute Gasteiger partial charge is 0.296 e. The van der Waals surface area contributed by atoms with Gasteiger partial charge in [-0.2, -0.15) is 9.40 Å². The summed E-state index contributed by atoms with van der Waals surface area (Å²) in [5, 5.41) is 5.08. The molecule has 9 heteroatoms. The van der Waals surface area contributed by atoms with Crippen molar-refractivity contribution in [2.45, 2.75) is 42.3 Å². The number of unbranched alkanes of at least 4 members (excludes halogenated alkanes) is 2. The summed E-state index contributed by atoms with van der Waals surface area (Å²) in [5.41, 5.74) is 1.25. The predicted octanol–water partition coefficient (Wildman–Crippen LogP) is 3.75. The van der Waals surface area contributed by atoms with Gasteiger partial charge >= 0.3 is 0 Å². The van der Waals surface area contributed by atoms with Crippen LogP contribution in [0.5, 0.6) is 0 Å². The molecule has 1 aliphatic rings. The zero-order chi connectivity index (χ0) is 22.9. The number of rotatable bonds is 11. The van der Waals surface area contributed by atoms with Crippen LogP contribution in [0.3, 0.4) is 0 Å². The molecule has 1 fully saturated rings. The average Bonchev–Trinajstić information content (AvgIpc) is 3.36. The third-order valence-corrected chi connectivity index (χ3v) is 8.68. The molecule has 0 bridgehead atoms. The number of aryl methyl sites for hydroxylation is 1. The molecule has 0 unspecified atom stereocenters. The number of aromatic nitrogens is 3. The topological polar surface area (TPSA) is 71.3 Å². The van der Waals surface area contributed by atoms with Crippen LogP contribution in [0.2, 0.25) is 0 Å². The summed E-state index contributed by atoms with van der Waals surface area (Å²) in [7, 11) is -3.50.